The number of carbonyl (C=O) groups excluding carboxylic acids is 1. The van der Waals surface area contributed by atoms with Crippen molar-refractivity contribution in [1.29, 1.82) is 0 Å². The SMILES string of the molecule is CC(CC(=O)O)SCC(=O)Nc1ccccc1Cl. The van der Waals surface area contributed by atoms with Crippen LogP contribution in [0, 0.1) is 0 Å². The van der Waals surface area contributed by atoms with Crippen LogP contribution in [0.3, 0.4) is 0 Å². The van der Waals surface area contributed by atoms with E-state index >= 15 is 0 Å². The van der Waals surface area contributed by atoms with Gasteiger partial charge in [0.25, 0.3) is 0 Å². The third kappa shape index (κ3) is 5.42. The molecule has 0 aliphatic rings. The topological polar surface area (TPSA) is 66.4 Å². The highest BCUT2D eigenvalue weighted by Crippen LogP contribution is 2.21. The van der Waals surface area contributed by atoms with Crippen LogP contribution in [0.4, 0.5) is 5.69 Å². The van der Waals surface area contributed by atoms with E-state index in [9.17, 15) is 9.59 Å². The molecule has 0 aliphatic heterocycles. The number of para-hydroxylation sites is 1. The zero-order chi connectivity index (χ0) is 13.5. The van der Waals surface area contributed by atoms with Crippen LogP contribution in [0.15, 0.2) is 24.3 Å². The number of hydrogen-bond donors (Lipinski definition) is 2. The van der Waals surface area contributed by atoms with Crippen molar-refractivity contribution in [1.82, 2.24) is 0 Å². The molecule has 98 valence electrons. The van der Waals surface area contributed by atoms with Crippen molar-refractivity contribution in [3.63, 3.8) is 0 Å². The number of carbonyl (C=O) groups is 2. The predicted molar refractivity (Wildman–Crippen MR) is 74.3 cm³/mol. The summed E-state index contributed by atoms with van der Waals surface area (Å²) in [6.07, 6.45) is 0.0457. The maximum atomic E-state index is 11.6. The minimum absolute atomic E-state index is 0.0457. The smallest absolute Gasteiger partial charge is 0.304 e. The molecule has 6 heteroatoms. The van der Waals surface area contributed by atoms with Crippen LogP contribution in [0.5, 0.6) is 0 Å². The first kappa shape index (κ1) is 14.9. The number of nitrogens with one attached hydrogen (secondary N) is 1. The van der Waals surface area contributed by atoms with Gasteiger partial charge in [0, 0.05) is 5.25 Å². The fraction of sp³-hybridized carbons (Fsp3) is 0.333. The Morgan fingerprint density at radius 1 is 1.44 bits per heavy atom. The molecule has 4 nitrogen and oxygen atoms in total. The van der Waals surface area contributed by atoms with E-state index in [2.05, 4.69) is 5.32 Å². The molecule has 0 aliphatic carbocycles. The highest BCUT2D eigenvalue weighted by Gasteiger charge is 2.11. The molecule has 2 N–H and O–H groups in total. The van der Waals surface area contributed by atoms with Gasteiger partial charge in [-0.2, -0.15) is 0 Å². The summed E-state index contributed by atoms with van der Waals surface area (Å²) >= 11 is 7.20. The van der Waals surface area contributed by atoms with Crippen molar-refractivity contribution >= 4 is 40.9 Å². The number of anilines is 1. The van der Waals surface area contributed by atoms with Crippen LogP contribution in [-0.2, 0) is 9.59 Å². The van der Waals surface area contributed by atoms with E-state index < -0.39 is 5.97 Å². The van der Waals surface area contributed by atoms with Gasteiger partial charge in [0.05, 0.1) is 22.9 Å². The lowest BCUT2D eigenvalue weighted by molar-refractivity contribution is -0.136. The maximum absolute atomic E-state index is 11.6. The summed E-state index contributed by atoms with van der Waals surface area (Å²) in [5.41, 5.74) is 0.565. The summed E-state index contributed by atoms with van der Waals surface area (Å²) in [7, 11) is 0. The lowest BCUT2D eigenvalue weighted by atomic mass is 10.3. The van der Waals surface area contributed by atoms with Gasteiger partial charge in [-0.3, -0.25) is 9.59 Å². The van der Waals surface area contributed by atoms with Crippen LogP contribution in [0.25, 0.3) is 0 Å². The monoisotopic (exact) mass is 287 g/mol. The van der Waals surface area contributed by atoms with E-state index in [1.54, 1.807) is 31.2 Å². The molecule has 0 bridgehead atoms. The molecule has 1 unspecified atom stereocenters. The van der Waals surface area contributed by atoms with E-state index in [4.69, 9.17) is 16.7 Å². The highest BCUT2D eigenvalue weighted by atomic mass is 35.5. The van der Waals surface area contributed by atoms with Gasteiger partial charge in [-0.15, -0.1) is 11.8 Å². The Bertz CT molecular complexity index is 439. The summed E-state index contributed by atoms with van der Waals surface area (Å²) in [6, 6.07) is 6.96. The van der Waals surface area contributed by atoms with Gasteiger partial charge in [0.2, 0.25) is 5.91 Å². The molecule has 1 aromatic rings. The summed E-state index contributed by atoms with van der Waals surface area (Å²) < 4.78 is 0. The number of carboxylic acids is 1. The van der Waals surface area contributed by atoms with Gasteiger partial charge in [-0.1, -0.05) is 30.7 Å². The second-order valence-corrected chi connectivity index (χ2v) is 5.58. The minimum atomic E-state index is -0.860. The van der Waals surface area contributed by atoms with E-state index in [0.29, 0.717) is 10.7 Å². The molecule has 1 atom stereocenters. The van der Waals surface area contributed by atoms with Gasteiger partial charge >= 0.3 is 5.97 Å². The molecular formula is C12H14ClNO3S. The number of carboxylic acid groups (broad SMARTS) is 1. The molecule has 1 rings (SSSR count). The molecule has 0 saturated carbocycles. The van der Waals surface area contributed by atoms with E-state index in [1.807, 2.05) is 0 Å². The largest absolute Gasteiger partial charge is 0.481 e. The van der Waals surface area contributed by atoms with E-state index in [0.717, 1.165) is 0 Å². The normalized spacial score (nSPS) is 11.9. The molecule has 0 heterocycles. The first-order chi connectivity index (χ1) is 8.49. The van der Waals surface area contributed by atoms with Crippen molar-refractivity contribution in [2.24, 2.45) is 0 Å². The molecule has 0 radical (unpaired) electrons. The Balaban J connectivity index is 2.39. The van der Waals surface area contributed by atoms with Crippen LogP contribution in [0.1, 0.15) is 13.3 Å². The molecule has 0 spiro atoms. The molecule has 18 heavy (non-hydrogen) atoms. The van der Waals surface area contributed by atoms with Crippen LogP contribution in [-0.4, -0.2) is 28.0 Å². The second kappa shape index (κ2) is 7.28. The van der Waals surface area contributed by atoms with Crippen molar-refractivity contribution in [2.75, 3.05) is 11.1 Å². The van der Waals surface area contributed by atoms with Gasteiger partial charge in [0.15, 0.2) is 0 Å². The van der Waals surface area contributed by atoms with Crippen molar-refractivity contribution in [2.45, 2.75) is 18.6 Å². The van der Waals surface area contributed by atoms with Gasteiger partial charge in [0.1, 0.15) is 0 Å². The minimum Gasteiger partial charge on any atom is -0.481 e. The van der Waals surface area contributed by atoms with Crippen molar-refractivity contribution in [3.05, 3.63) is 29.3 Å². The Kier molecular flexibility index (Phi) is 6.01. The summed E-state index contributed by atoms with van der Waals surface area (Å²) in [6.45, 7) is 1.78. The standard InChI is InChI=1S/C12H14ClNO3S/c1-8(6-12(16)17)18-7-11(15)14-10-5-3-2-4-9(10)13/h2-5,8H,6-7H2,1H3,(H,14,15)(H,16,17). The zero-order valence-corrected chi connectivity index (χ0v) is 11.4. The fourth-order valence-electron chi connectivity index (χ4n) is 1.27. The average molecular weight is 288 g/mol. The van der Waals surface area contributed by atoms with Gasteiger partial charge in [-0.05, 0) is 12.1 Å². The van der Waals surface area contributed by atoms with E-state index in [1.165, 1.54) is 11.8 Å². The third-order valence-corrected chi connectivity index (χ3v) is 3.60. The van der Waals surface area contributed by atoms with Crippen molar-refractivity contribution in [3.8, 4) is 0 Å². The number of hydrogen-bond acceptors (Lipinski definition) is 3. The fourth-order valence-corrected chi connectivity index (χ4v) is 2.22. The number of aliphatic carboxylic acids is 1. The highest BCUT2D eigenvalue weighted by molar-refractivity contribution is 8.00. The average Bonchev–Trinajstić information content (AvgIpc) is 2.29. The summed E-state index contributed by atoms with van der Waals surface area (Å²) in [5, 5.41) is 11.7. The predicted octanol–water partition coefficient (Wildman–Crippen LogP) is 2.87. The Morgan fingerprint density at radius 2 is 2.11 bits per heavy atom. The maximum Gasteiger partial charge on any atom is 0.304 e. The molecule has 0 aromatic heterocycles. The van der Waals surface area contributed by atoms with Crippen molar-refractivity contribution < 1.29 is 14.7 Å². The Hall–Kier alpha value is -1.20. The number of amides is 1. The molecule has 1 aromatic carbocycles. The molecule has 1 amide bonds. The molecular weight excluding hydrogens is 274 g/mol. The summed E-state index contributed by atoms with van der Waals surface area (Å²) in [5.74, 6) is -0.841. The number of rotatable bonds is 6. The van der Waals surface area contributed by atoms with Crippen LogP contribution in [0.2, 0.25) is 5.02 Å². The molecule has 0 saturated heterocycles. The summed E-state index contributed by atoms with van der Waals surface area (Å²) in [4.78, 5) is 22.1. The zero-order valence-electron chi connectivity index (χ0n) is 9.85. The number of thioether (sulfide) groups is 1. The van der Waals surface area contributed by atoms with Gasteiger partial charge in [-0.25, -0.2) is 0 Å². The number of halogens is 1. The lowest BCUT2D eigenvalue weighted by Gasteiger charge is -2.09. The first-order valence-electron chi connectivity index (χ1n) is 5.37. The first-order valence-corrected chi connectivity index (χ1v) is 6.79. The van der Waals surface area contributed by atoms with Gasteiger partial charge < -0.3 is 10.4 Å². The third-order valence-electron chi connectivity index (χ3n) is 2.11. The molecule has 0 fully saturated rings. The Labute approximate surface area is 115 Å². The van der Waals surface area contributed by atoms with Crippen LogP contribution >= 0.6 is 23.4 Å². The van der Waals surface area contributed by atoms with Crippen LogP contribution < -0.4 is 5.32 Å². The lowest BCUT2D eigenvalue weighted by Crippen LogP contribution is -2.17. The van der Waals surface area contributed by atoms with E-state index in [-0.39, 0.29) is 23.3 Å². The number of benzene rings is 1. The second-order valence-electron chi connectivity index (χ2n) is 3.75. The quantitative estimate of drug-likeness (QED) is 0.844. The Morgan fingerprint density at radius 3 is 2.72 bits per heavy atom.